The molecule has 4 rings (SSSR count). The van der Waals surface area contributed by atoms with E-state index in [0.29, 0.717) is 18.6 Å². The summed E-state index contributed by atoms with van der Waals surface area (Å²) in [6.45, 7) is 4.92. The van der Waals surface area contributed by atoms with Gasteiger partial charge in [-0.15, -0.1) is 34.2 Å². The van der Waals surface area contributed by atoms with E-state index in [1.54, 1.807) is 0 Å². The average Bonchev–Trinajstić information content (AvgIpc) is 3.44. The number of aromatic nitrogens is 3. The molecule has 158 valence electrons. The molecule has 2 aliphatic carbocycles. The number of likely N-dealkylation sites (tertiary alicyclic amines) is 1. The molecule has 1 atom stereocenters. The lowest BCUT2D eigenvalue weighted by Crippen LogP contribution is -2.48. The van der Waals surface area contributed by atoms with Gasteiger partial charge in [0.15, 0.2) is 11.8 Å². The van der Waals surface area contributed by atoms with Crippen LogP contribution in [0.4, 0.5) is 0 Å². The predicted octanol–water partition coefficient (Wildman–Crippen LogP) is 2.74. The highest BCUT2D eigenvalue weighted by molar-refractivity contribution is 14.0. The van der Waals surface area contributed by atoms with Crippen molar-refractivity contribution in [2.45, 2.75) is 89.4 Å². The molecule has 0 amide bonds. The van der Waals surface area contributed by atoms with Crippen LogP contribution >= 0.6 is 24.0 Å². The number of hydrogen-bond donors (Lipinski definition) is 2. The van der Waals surface area contributed by atoms with Crippen LogP contribution in [0, 0.1) is 6.92 Å². The number of aryl methyl sites for hydroxylation is 1. The smallest absolute Gasteiger partial charge is 0.192 e. The van der Waals surface area contributed by atoms with Crippen molar-refractivity contribution in [3.05, 3.63) is 11.6 Å². The number of guanidine groups is 1. The van der Waals surface area contributed by atoms with Crippen molar-refractivity contribution < 1.29 is 0 Å². The van der Waals surface area contributed by atoms with Crippen molar-refractivity contribution in [2.24, 2.45) is 12.0 Å². The van der Waals surface area contributed by atoms with Crippen molar-refractivity contribution in [3.8, 4) is 0 Å². The largest absolute Gasteiger partial charge is 0.354 e. The normalized spacial score (nSPS) is 24.6. The zero-order valence-electron chi connectivity index (χ0n) is 17.4. The SMILES string of the molecule is Cc1nnc(CN=C(NC2CCCC2)NC2CCN(C3CCCC3)C2)n1C.I. The van der Waals surface area contributed by atoms with Crippen molar-refractivity contribution >= 4 is 29.9 Å². The summed E-state index contributed by atoms with van der Waals surface area (Å²) in [5.41, 5.74) is 0. The van der Waals surface area contributed by atoms with E-state index in [1.165, 1.54) is 64.3 Å². The van der Waals surface area contributed by atoms with Crippen molar-refractivity contribution in [1.82, 2.24) is 30.3 Å². The topological polar surface area (TPSA) is 70.4 Å². The van der Waals surface area contributed by atoms with Crippen LogP contribution in [-0.4, -0.2) is 56.8 Å². The van der Waals surface area contributed by atoms with Crippen molar-refractivity contribution in [3.63, 3.8) is 0 Å². The van der Waals surface area contributed by atoms with Crippen LogP contribution in [0.3, 0.4) is 0 Å². The van der Waals surface area contributed by atoms with Crippen LogP contribution in [0.5, 0.6) is 0 Å². The van der Waals surface area contributed by atoms with E-state index >= 15 is 0 Å². The van der Waals surface area contributed by atoms with Gasteiger partial charge in [-0.2, -0.15) is 0 Å². The van der Waals surface area contributed by atoms with Gasteiger partial charge in [-0.1, -0.05) is 25.7 Å². The fourth-order valence-corrected chi connectivity index (χ4v) is 4.83. The molecule has 0 spiro atoms. The Hall–Kier alpha value is -0.900. The minimum absolute atomic E-state index is 0. The van der Waals surface area contributed by atoms with Gasteiger partial charge in [0.05, 0.1) is 0 Å². The lowest BCUT2D eigenvalue weighted by atomic mass is 10.2. The highest BCUT2D eigenvalue weighted by Crippen LogP contribution is 2.26. The van der Waals surface area contributed by atoms with E-state index in [1.807, 2.05) is 18.5 Å². The standard InChI is InChI=1S/C20H35N7.HI/c1-15-24-25-19(26(15)2)13-21-20(22-16-7-3-4-8-16)23-17-11-12-27(14-17)18-9-5-6-10-18;/h16-18H,3-14H2,1-2H3,(H2,21,22,23);1H. The van der Waals surface area contributed by atoms with Gasteiger partial charge in [-0.25, -0.2) is 4.99 Å². The van der Waals surface area contributed by atoms with Crippen LogP contribution < -0.4 is 10.6 Å². The summed E-state index contributed by atoms with van der Waals surface area (Å²) >= 11 is 0. The summed E-state index contributed by atoms with van der Waals surface area (Å²) in [7, 11) is 2.01. The molecule has 0 radical (unpaired) electrons. The number of rotatable bonds is 5. The molecule has 2 saturated carbocycles. The zero-order valence-corrected chi connectivity index (χ0v) is 19.7. The Balaban J connectivity index is 0.00000225. The van der Waals surface area contributed by atoms with Gasteiger partial charge in [0, 0.05) is 38.3 Å². The molecule has 1 aliphatic heterocycles. The lowest BCUT2D eigenvalue weighted by Gasteiger charge is -2.25. The first-order chi connectivity index (χ1) is 13.2. The van der Waals surface area contributed by atoms with E-state index < -0.39 is 0 Å². The molecule has 28 heavy (non-hydrogen) atoms. The second-order valence-corrected chi connectivity index (χ2v) is 8.58. The zero-order chi connectivity index (χ0) is 18.6. The maximum Gasteiger partial charge on any atom is 0.192 e. The summed E-state index contributed by atoms with van der Waals surface area (Å²) in [4.78, 5) is 7.57. The van der Waals surface area contributed by atoms with Crippen molar-refractivity contribution in [1.29, 1.82) is 0 Å². The third-order valence-corrected chi connectivity index (χ3v) is 6.66. The monoisotopic (exact) mass is 501 g/mol. The minimum atomic E-state index is 0. The quantitative estimate of drug-likeness (QED) is 0.369. The van der Waals surface area contributed by atoms with Crippen LogP contribution in [0.2, 0.25) is 0 Å². The molecule has 2 heterocycles. The van der Waals surface area contributed by atoms with Gasteiger partial charge in [-0.05, 0) is 39.0 Å². The Labute approximate surface area is 186 Å². The highest BCUT2D eigenvalue weighted by Gasteiger charge is 2.30. The summed E-state index contributed by atoms with van der Waals surface area (Å²) < 4.78 is 2.02. The highest BCUT2D eigenvalue weighted by atomic mass is 127. The third kappa shape index (κ3) is 5.37. The lowest BCUT2D eigenvalue weighted by molar-refractivity contribution is 0.242. The molecule has 2 N–H and O–H groups in total. The van der Waals surface area contributed by atoms with Crippen LogP contribution in [0.15, 0.2) is 4.99 Å². The van der Waals surface area contributed by atoms with Gasteiger partial charge >= 0.3 is 0 Å². The molecule has 1 aromatic rings. The predicted molar refractivity (Wildman–Crippen MR) is 123 cm³/mol. The number of hydrogen-bond acceptors (Lipinski definition) is 4. The number of nitrogens with one attached hydrogen (secondary N) is 2. The first-order valence-electron chi connectivity index (χ1n) is 10.9. The molecule has 3 aliphatic rings. The molecule has 1 unspecified atom stereocenters. The van der Waals surface area contributed by atoms with Gasteiger partial charge in [-0.3, -0.25) is 4.90 Å². The molecule has 0 aromatic carbocycles. The van der Waals surface area contributed by atoms with Crippen LogP contribution in [0.25, 0.3) is 0 Å². The van der Waals surface area contributed by atoms with E-state index in [0.717, 1.165) is 30.2 Å². The molecule has 1 saturated heterocycles. The molecule has 7 nitrogen and oxygen atoms in total. The Morgan fingerprint density at radius 1 is 1.00 bits per heavy atom. The number of aliphatic imine (C=N–C) groups is 1. The Bertz CT molecular complexity index is 647. The Morgan fingerprint density at radius 2 is 1.68 bits per heavy atom. The molecule has 8 heteroatoms. The van der Waals surface area contributed by atoms with Gasteiger partial charge in [0.1, 0.15) is 12.4 Å². The van der Waals surface area contributed by atoms with Gasteiger partial charge in [0.2, 0.25) is 0 Å². The number of halogens is 1. The average molecular weight is 501 g/mol. The maximum atomic E-state index is 4.87. The maximum absolute atomic E-state index is 4.87. The van der Waals surface area contributed by atoms with E-state index in [-0.39, 0.29) is 24.0 Å². The van der Waals surface area contributed by atoms with E-state index in [2.05, 4.69) is 25.7 Å². The summed E-state index contributed by atoms with van der Waals surface area (Å²) in [5.74, 6) is 2.81. The summed E-state index contributed by atoms with van der Waals surface area (Å²) in [5, 5.41) is 15.8. The molecule has 0 bridgehead atoms. The fraction of sp³-hybridized carbons (Fsp3) is 0.850. The molecular formula is C20H36IN7. The first kappa shape index (κ1) is 21.8. The van der Waals surface area contributed by atoms with E-state index in [4.69, 9.17) is 4.99 Å². The van der Waals surface area contributed by atoms with Gasteiger partial charge < -0.3 is 15.2 Å². The first-order valence-corrected chi connectivity index (χ1v) is 10.9. The minimum Gasteiger partial charge on any atom is -0.354 e. The van der Waals surface area contributed by atoms with E-state index in [9.17, 15) is 0 Å². The summed E-state index contributed by atoms with van der Waals surface area (Å²) in [6, 6.07) is 1.88. The molecule has 3 fully saturated rings. The van der Waals surface area contributed by atoms with Gasteiger partial charge in [0.25, 0.3) is 0 Å². The number of nitrogens with zero attached hydrogens (tertiary/aromatic N) is 5. The Morgan fingerprint density at radius 3 is 2.36 bits per heavy atom. The third-order valence-electron chi connectivity index (χ3n) is 6.66. The summed E-state index contributed by atoms with van der Waals surface area (Å²) in [6.07, 6.45) is 12.0. The molecule has 1 aromatic heterocycles. The Kier molecular flexibility index (Phi) is 7.96. The molecular weight excluding hydrogens is 465 g/mol. The fourth-order valence-electron chi connectivity index (χ4n) is 4.83. The van der Waals surface area contributed by atoms with Crippen molar-refractivity contribution in [2.75, 3.05) is 13.1 Å². The second kappa shape index (κ2) is 10.2. The van der Waals surface area contributed by atoms with Crippen LogP contribution in [-0.2, 0) is 13.6 Å². The second-order valence-electron chi connectivity index (χ2n) is 8.58. The van der Waals surface area contributed by atoms with Crippen LogP contribution in [0.1, 0.15) is 69.4 Å².